The number of benzene rings is 8. The maximum absolute atomic E-state index is 2.51. The largest absolute Gasteiger partial charge is 0.309 e. The SMILES string of the molecule is c1ccc(-n2c3ccccc3c3cc(-c4cc5c6ccccc6sc5c5c4c4ccccc4n5-c4ccc5ccccc5c4)ccc32)cc1. The molecule has 0 saturated carbocycles. The van der Waals surface area contributed by atoms with E-state index in [1.54, 1.807) is 0 Å². The molecule has 0 unspecified atom stereocenters. The predicted molar refractivity (Wildman–Crippen MR) is 211 cm³/mol. The van der Waals surface area contributed by atoms with Crippen LogP contribution in [0.2, 0.25) is 0 Å². The number of para-hydroxylation sites is 3. The number of hydrogen-bond donors (Lipinski definition) is 0. The molecule has 0 aliphatic carbocycles. The maximum atomic E-state index is 2.51. The van der Waals surface area contributed by atoms with Gasteiger partial charge in [-0.3, -0.25) is 0 Å². The van der Waals surface area contributed by atoms with Crippen LogP contribution in [-0.4, -0.2) is 9.13 Å². The zero-order chi connectivity index (χ0) is 32.1. The lowest BCUT2D eigenvalue weighted by Gasteiger charge is -2.12. The first-order valence-corrected chi connectivity index (χ1v) is 17.6. The Morgan fingerprint density at radius 3 is 1.92 bits per heavy atom. The summed E-state index contributed by atoms with van der Waals surface area (Å²) >= 11 is 1.90. The molecule has 0 bridgehead atoms. The van der Waals surface area contributed by atoms with Crippen LogP contribution < -0.4 is 0 Å². The van der Waals surface area contributed by atoms with Gasteiger partial charge in [0.15, 0.2) is 0 Å². The van der Waals surface area contributed by atoms with Gasteiger partial charge < -0.3 is 9.13 Å². The van der Waals surface area contributed by atoms with E-state index >= 15 is 0 Å². The molecule has 2 nitrogen and oxygen atoms in total. The fourth-order valence-corrected chi connectivity index (χ4v) is 9.36. The molecule has 11 rings (SSSR count). The van der Waals surface area contributed by atoms with Gasteiger partial charge in [-0.05, 0) is 82.6 Å². The highest BCUT2D eigenvalue weighted by Crippen LogP contribution is 2.48. The minimum absolute atomic E-state index is 1.17. The summed E-state index contributed by atoms with van der Waals surface area (Å²) in [5, 5.41) is 10.2. The summed E-state index contributed by atoms with van der Waals surface area (Å²) in [7, 11) is 0. The average Bonchev–Trinajstić information content (AvgIpc) is 3.82. The minimum Gasteiger partial charge on any atom is -0.309 e. The van der Waals surface area contributed by atoms with Gasteiger partial charge in [0.2, 0.25) is 0 Å². The lowest BCUT2D eigenvalue weighted by molar-refractivity contribution is 1.18. The second-order valence-corrected chi connectivity index (χ2v) is 14.0. The van der Waals surface area contributed by atoms with E-state index in [-0.39, 0.29) is 0 Å². The molecule has 3 heteroatoms. The molecule has 3 heterocycles. The highest BCUT2D eigenvalue weighted by molar-refractivity contribution is 7.26. The first-order chi connectivity index (χ1) is 24.3. The molecule has 0 radical (unpaired) electrons. The summed E-state index contributed by atoms with van der Waals surface area (Å²) in [6, 6.07) is 62.4. The molecule has 0 amide bonds. The summed E-state index contributed by atoms with van der Waals surface area (Å²) in [6.07, 6.45) is 0. The van der Waals surface area contributed by atoms with Gasteiger partial charge >= 0.3 is 0 Å². The van der Waals surface area contributed by atoms with E-state index < -0.39 is 0 Å². The van der Waals surface area contributed by atoms with E-state index in [4.69, 9.17) is 0 Å². The fourth-order valence-electron chi connectivity index (χ4n) is 8.14. The van der Waals surface area contributed by atoms with Crippen molar-refractivity contribution >= 4 is 85.9 Å². The number of aromatic nitrogens is 2. The Kier molecular flexibility index (Phi) is 5.57. The van der Waals surface area contributed by atoms with Crippen molar-refractivity contribution in [3.05, 3.63) is 170 Å². The third kappa shape index (κ3) is 3.82. The van der Waals surface area contributed by atoms with Crippen LogP contribution in [0.1, 0.15) is 0 Å². The van der Waals surface area contributed by atoms with E-state index in [2.05, 4.69) is 179 Å². The van der Waals surface area contributed by atoms with Gasteiger partial charge in [0.1, 0.15) is 0 Å². The molecule has 0 saturated heterocycles. The Balaban J connectivity index is 1.29. The van der Waals surface area contributed by atoms with Crippen molar-refractivity contribution in [3.8, 4) is 22.5 Å². The minimum atomic E-state index is 1.17. The molecule has 0 fully saturated rings. The second-order valence-electron chi connectivity index (χ2n) is 12.9. The Morgan fingerprint density at radius 2 is 1.06 bits per heavy atom. The van der Waals surface area contributed by atoms with Gasteiger partial charge in [-0.25, -0.2) is 0 Å². The summed E-state index contributed by atoms with van der Waals surface area (Å²) in [5.41, 5.74) is 9.78. The number of thiophene rings is 1. The molecular formula is C46H28N2S. The highest BCUT2D eigenvalue weighted by atomic mass is 32.1. The molecule has 11 aromatic rings. The Hall–Kier alpha value is -6.16. The van der Waals surface area contributed by atoms with Crippen molar-refractivity contribution in [1.82, 2.24) is 9.13 Å². The van der Waals surface area contributed by atoms with E-state index in [1.807, 2.05) is 11.3 Å². The average molecular weight is 641 g/mol. The maximum Gasteiger partial charge on any atom is 0.0726 e. The topological polar surface area (TPSA) is 9.86 Å². The number of hydrogen-bond acceptors (Lipinski definition) is 1. The fraction of sp³-hybridized carbons (Fsp3) is 0. The van der Waals surface area contributed by atoms with Crippen molar-refractivity contribution < 1.29 is 0 Å². The number of fused-ring (bicyclic) bond motifs is 11. The summed E-state index contributed by atoms with van der Waals surface area (Å²) in [6.45, 7) is 0. The third-order valence-electron chi connectivity index (χ3n) is 10.3. The van der Waals surface area contributed by atoms with Gasteiger partial charge in [-0.15, -0.1) is 11.3 Å². The molecular weight excluding hydrogens is 613 g/mol. The molecule has 228 valence electrons. The first kappa shape index (κ1) is 26.9. The van der Waals surface area contributed by atoms with Gasteiger partial charge in [0.05, 0.1) is 26.8 Å². The van der Waals surface area contributed by atoms with Crippen LogP contribution in [0.25, 0.3) is 97.1 Å². The quantitative estimate of drug-likeness (QED) is 0.182. The lowest BCUT2D eigenvalue weighted by atomic mass is 9.95. The smallest absolute Gasteiger partial charge is 0.0726 e. The van der Waals surface area contributed by atoms with Crippen LogP contribution in [-0.2, 0) is 0 Å². The van der Waals surface area contributed by atoms with Gasteiger partial charge in [0, 0.05) is 48.4 Å². The van der Waals surface area contributed by atoms with Crippen LogP contribution in [0, 0.1) is 0 Å². The van der Waals surface area contributed by atoms with Crippen molar-refractivity contribution in [2.75, 3.05) is 0 Å². The molecule has 0 atom stereocenters. The Morgan fingerprint density at radius 1 is 0.388 bits per heavy atom. The molecule has 0 aliphatic heterocycles. The highest BCUT2D eigenvalue weighted by Gasteiger charge is 2.22. The molecule has 0 N–H and O–H groups in total. The van der Waals surface area contributed by atoms with Crippen LogP contribution in [0.15, 0.2) is 170 Å². The molecule has 49 heavy (non-hydrogen) atoms. The molecule has 0 spiro atoms. The summed E-state index contributed by atoms with van der Waals surface area (Å²) in [5.74, 6) is 0. The van der Waals surface area contributed by atoms with E-state index in [0.29, 0.717) is 0 Å². The zero-order valence-corrected chi connectivity index (χ0v) is 27.3. The first-order valence-electron chi connectivity index (χ1n) is 16.8. The van der Waals surface area contributed by atoms with Crippen LogP contribution in [0.4, 0.5) is 0 Å². The second kappa shape index (κ2) is 10.2. The molecule has 8 aromatic carbocycles. The monoisotopic (exact) mass is 640 g/mol. The van der Waals surface area contributed by atoms with E-state index in [1.165, 1.54) is 97.1 Å². The zero-order valence-electron chi connectivity index (χ0n) is 26.5. The Labute approximate surface area is 286 Å². The Bertz CT molecular complexity index is 3100. The van der Waals surface area contributed by atoms with Crippen LogP contribution in [0.5, 0.6) is 0 Å². The standard InChI is InChI=1S/C46H28N2S/c1-2-14-32(15-3-1)47-40-19-9-6-16-34(40)38-27-31(23-25-42(38)47)37-28-39-35-17-8-11-21-43(35)49-46(39)45-44(37)36-18-7-10-20-41(36)48(45)33-24-22-29-12-4-5-13-30(29)26-33/h1-28H. The number of rotatable bonds is 3. The predicted octanol–water partition coefficient (Wildman–Crippen LogP) is 13.1. The molecule has 0 aliphatic rings. The van der Waals surface area contributed by atoms with Crippen molar-refractivity contribution in [2.45, 2.75) is 0 Å². The van der Waals surface area contributed by atoms with Crippen LogP contribution in [0.3, 0.4) is 0 Å². The van der Waals surface area contributed by atoms with Crippen molar-refractivity contribution in [3.63, 3.8) is 0 Å². The summed E-state index contributed by atoms with van der Waals surface area (Å²) < 4.78 is 7.54. The van der Waals surface area contributed by atoms with Crippen LogP contribution >= 0.6 is 11.3 Å². The molecule has 3 aromatic heterocycles. The summed E-state index contributed by atoms with van der Waals surface area (Å²) in [4.78, 5) is 0. The van der Waals surface area contributed by atoms with Gasteiger partial charge in [-0.2, -0.15) is 0 Å². The third-order valence-corrected chi connectivity index (χ3v) is 11.5. The van der Waals surface area contributed by atoms with E-state index in [0.717, 1.165) is 0 Å². The normalized spacial score (nSPS) is 12.1. The van der Waals surface area contributed by atoms with Gasteiger partial charge in [-0.1, -0.05) is 109 Å². The number of nitrogens with zero attached hydrogens (tertiary/aromatic N) is 2. The lowest BCUT2D eigenvalue weighted by Crippen LogP contribution is -1.94. The van der Waals surface area contributed by atoms with Gasteiger partial charge in [0.25, 0.3) is 0 Å². The van der Waals surface area contributed by atoms with Crippen molar-refractivity contribution in [1.29, 1.82) is 0 Å². The van der Waals surface area contributed by atoms with E-state index in [9.17, 15) is 0 Å². The van der Waals surface area contributed by atoms with Crippen molar-refractivity contribution in [2.24, 2.45) is 0 Å².